The average molecular weight is 784 g/mol. The molecule has 16 nitrogen and oxygen atoms in total. The minimum absolute atomic E-state index is 0.121. The lowest BCUT2D eigenvalue weighted by molar-refractivity contribution is 0.0517. The summed E-state index contributed by atoms with van der Waals surface area (Å²) in [6.07, 6.45) is 0.954. The van der Waals surface area contributed by atoms with Crippen LogP contribution >= 0.6 is 0 Å². The lowest BCUT2D eigenvalue weighted by atomic mass is 10.0. The first kappa shape index (κ1) is 38.6. The molecule has 6 N–H and O–H groups in total. The third kappa shape index (κ3) is 7.37. The van der Waals surface area contributed by atoms with E-state index in [9.17, 15) is 19.2 Å². The number of nitrogens with two attached hydrogens (primary N) is 3. The Balaban J connectivity index is 0.000000177. The normalized spacial score (nSPS) is 13.2. The molecule has 2 aliphatic heterocycles. The van der Waals surface area contributed by atoms with Gasteiger partial charge in [-0.2, -0.15) is 10.2 Å². The van der Waals surface area contributed by atoms with Gasteiger partial charge in [-0.25, -0.2) is 14.2 Å². The highest BCUT2D eigenvalue weighted by Crippen LogP contribution is 2.32. The third-order valence-electron chi connectivity index (χ3n) is 9.78. The standard InChI is InChI=1S/C22H22N4O4.C20H19N5O3/c1-3-30-22(28)19-18-12-13-25(15-6-4-14(23)5-7-15)21(27)20(18)26(24-19)16-8-10-17(29-2)11-9-16;1-28-15-8-6-14(7-9-15)25-18-16(17(23-25)19(22)26)10-11-24(20(18)27)13-4-2-12(21)3-5-13/h4-11H,3,12-13,23H2,1-2H3;2-9H,10-11,21H2,1H3,(H2,22,26). The van der Waals surface area contributed by atoms with E-state index in [1.54, 1.807) is 128 Å². The van der Waals surface area contributed by atoms with E-state index >= 15 is 0 Å². The predicted octanol–water partition coefficient (Wildman–Crippen LogP) is 4.61. The van der Waals surface area contributed by atoms with Gasteiger partial charge in [-0.3, -0.25) is 14.4 Å². The topological polar surface area (TPSA) is 216 Å². The molecule has 0 bridgehead atoms. The molecule has 6 aromatic rings. The number of carbonyl (C=O) groups excluding carboxylic acids is 4. The summed E-state index contributed by atoms with van der Waals surface area (Å²) in [5.41, 5.74) is 23.2. The van der Waals surface area contributed by atoms with Gasteiger partial charge in [0.25, 0.3) is 17.7 Å². The molecule has 0 fully saturated rings. The molecule has 4 aromatic carbocycles. The fraction of sp³-hybridized carbons (Fsp3) is 0.190. The number of aromatic nitrogens is 4. The monoisotopic (exact) mass is 783 g/mol. The summed E-state index contributed by atoms with van der Waals surface area (Å²) in [4.78, 5) is 54.5. The van der Waals surface area contributed by atoms with Crippen LogP contribution in [0, 0.1) is 0 Å². The highest BCUT2D eigenvalue weighted by Gasteiger charge is 2.36. The van der Waals surface area contributed by atoms with Crippen LogP contribution in [0.5, 0.6) is 11.5 Å². The number of rotatable bonds is 9. The Morgan fingerprint density at radius 3 is 1.36 bits per heavy atom. The van der Waals surface area contributed by atoms with Crippen LogP contribution in [0.2, 0.25) is 0 Å². The van der Waals surface area contributed by atoms with Crippen molar-refractivity contribution in [2.24, 2.45) is 5.73 Å². The van der Waals surface area contributed by atoms with Gasteiger partial charge in [0.2, 0.25) is 0 Å². The Morgan fingerprint density at radius 1 is 0.603 bits per heavy atom. The SMILES string of the molecule is CCOC(=O)c1nn(-c2ccc(OC)cc2)c2c1CCN(c1ccc(N)cc1)C2=O.COc1ccc(-n2nc(C(N)=O)c3c2C(=O)N(c2ccc(N)cc2)CC3)cc1. The van der Waals surface area contributed by atoms with Crippen molar-refractivity contribution in [3.05, 3.63) is 131 Å². The molecule has 4 heterocycles. The zero-order valence-corrected chi connectivity index (χ0v) is 32.0. The molecule has 0 saturated heterocycles. The van der Waals surface area contributed by atoms with Crippen LogP contribution in [0.3, 0.4) is 0 Å². The number of amides is 3. The maximum absolute atomic E-state index is 13.5. The maximum Gasteiger partial charge on any atom is 0.359 e. The van der Waals surface area contributed by atoms with E-state index in [-0.39, 0.29) is 29.8 Å². The molecule has 2 aliphatic rings. The molecule has 0 spiro atoms. The second-order valence-electron chi connectivity index (χ2n) is 13.3. The largest absolute Gasteiger partial charge is 0.497 e. The Labute approximate surface area is 333 Å². The van der Waals surface area contributed by atoms with Crippen LogP contribution < -0.4 is 36.5 Å². The first-order chi connectivity index (χ1) is 28.0. The number of ether oxygens (including phenoxy) is 3. The van der Waals surface area contributed by atoms with Crippen LogP contribution in [0.25, 0.3) is 11.4 Å². The molecular formula is C42H41N9O7. The number of carbonyl (C=O) groups is 4. The molecule has 0 saturated carbocycles. The van der Waals surface area contributed by atoms with Gasteiger partial charge in [0.15, 0.2) is 11.4 Å². The highest BCUT2D eigenvalue weighted by atomic mass is 16.5. The quantitative estimate of drug-likeness (QED) is 0.136. The number of anilines is 4. The molecular weight excluding hydrogens is 743 g/mol. The number of fused-ring (bicyclic) bond motifs is 2. The van der Waals surface area contributed by atoms with E-state index < -0.39 is 11.9 Å². The fourth-order valence-electron chi connectivity index (χ4n) is 6.90. The summed E-state index contributed by atoms with van der Waals surface area (Å²) in [5, 5.41) is 8.81. The van der Waals surface area contributed by atoms with Crippen molar-refractivity contribution in [3.63, 3.8) is 0 Å². The van der Waals surface area contributed by atoms with Crippen molar-refractivity contribution < 1.29 is 33.4 Å². The molecule has 0 unspecified atom stereocenters. The first-order valence-electron chi connectivity index (χ1n) is 18.4. The zero-order valence-electron chi connectivity index (χ0n) is 32.0. The van der Waals surface area contributed by atoms with Gasteiger partial charge >= 0.3 is 5.97 Å². The van der Waals surface area contributed by atoms with Gasteiger partial charge in [-0.1, -0.05) is 0 Å². The van der Waals surface area contributed by atoms with Crippen LogP contribution in [0.15, 0.2) is 97.1 Å². The molecule has 0 radical (unpaired) electrons. The first-order valence-corrected chi connectivity index (χ1v) is 18.4. The summed E-state index contributed by atoms with van der Waals surface area (Å²) >= 11 is 0. The lowest BCUT2D eigenvalue weighted by Gasteiger charge is -2.27. The third-order valence-corrected chi connectivity index (χ3v) is 9.78. The van der Waals surface area contributed by atoms with Gasteiger partial charge in [-0.05, 0) is 117 Å². The second kappa shape index (κ2) is 16.2. The predicted molar refractivity (Wildman–Crippen MR) is 217 cm³/mol. The van der Waals surface area contributed by atoms with E-state index in [0.717, 1.165) is 11.4 Å². The number of hydrogen-bond donors (Lipinski definition) is 3. The minimum atomic E-state index is -0.655. The molecule has 8 rings (SSSR count). The number of hydrogen-bond acceptors (Lipinski definition) is 11. The summed E-state index contributed by atoms with van der Waals surface area (Å²) in [6, 6.07) is 28.4. The molecule has 0 atom stereocenters. The highest BCUT2D eigenvalue weighted by molar-refractivity contribution is 6.10. The summed E-state index contributed by atoms with van der Waals surface area (Å²) in [5.74, 6) is -0.316. The Morgan fingerprint density at radius 2 is 0.983 bits per heavy atom. The Bertz CT molecular complexity index is 2490. The fourth-order valence-corrected chi connectivity index (χ4v) is 6.90. The van der Waals surface area contributed by atoms with Crippen LogP contribution in [0.4, 0.5) is 22.7 Å². The minimum Gasteiger partial charge on any atom is -0.497 e. The zero-order chi connectivity index (χ0) is 41.1. The van der Waals surface area contributed by atoms with Gasteiger partial charge < -0.3 is 41.2 Å². The van der Waals surface area contributed by atoms with Gasteiger partial charge in [0, 0.05) is 47.0 Å². The van der Waals surface area contributed by atoms with E-state index in [2.05, 4.69) is 10.2 Å². The smallest absolute Gasteiger partial charge is 0.359 e. The van der Waals surface area contributed by atoms with Crippen molar-refractivity contribution in [1.29, 1.82) is 0 Å². The number of nitrogen functional groups attached to an aromatic ring is 2. The van der Waals surface area contributed by atoms with E-state index in [4.69, 9.17) is 31.4 Å². The molecule has 0 aliphatic carbocycles. The van der Waals surface area contributed by atoms with Crippen molar-refractivity contribution in [2.75, 3.05) is 55.2 Å². The van der Waals surface area contributed by atoms with Crippen molar-refractivity contribution in [2.45, 2.75) is 19.8 Å². The molecule has 58 heavy (non-hydrogen) atoms. The second-order valence-corrected chi connectivity index (χ2v) is 13.3. The summed E-state index contributed by atoms with van der Waals surface area (Å²) in [7, 11) is 3.15. The maximum atomic E-state index is 13.5. The van der Waals surface area contributed by atoms with Crippen LogP contribution in [-0.4, -0.2) is 77.2 Å². The number of esters is 1. The van der Waals surface area contributed by atoms with Crippen molar-refractivity contribution >= 4 is 46.4 Å². The van der Waals surface area contributed by atoms with Crippen molar-refractivity contribution in [1.82, 2.24) is 19.6 Å². The molecule has 16 heteroatoms. The van der Waals surface area contributed by atoms with Crippen LogP contribution in [0.1, 0.15) is 60.0 Å². The Kier molecular flexibility index (Phi) is 10.8. The van der Waals surface area contributed by atoms with Gasteiger partial charge in [-0.15, -0.1) is 0 Å². The van der Waals surface area contributed by atoms with E-state index in [0.29, 0.717) is 82.7 Å². The van der Waals surface area contributed by atoms with Crippen LogP contribution in [-0.2, 0) is 17.6 Å². The van der Waals surface area contributed by atoms with Gasteiger partial charge in [0.1, 0.15) is 22.9 Å². The van der Waals surface area contributed by atoms with E-state index in [1.165, 1.54) is 9.36 Å². The van der Waals surface area contributed by atoms with E-state index in [1.807, 2.05) is 0 Å². The molecule has 296 valence electrons. The van der Waals surface area contributed by atoms with Crippen molar-refractivity contribution in [3.8, 4) is 22.9 Å². The summed E-state index contributed by atoms with van der Waals surface area (Å²) < 4.78 is 18.5. The average Bonchev–Trinajstić information content (AvgIpc) is 3.84. The van der Waals surface area contributed by atoms with Gasteiger partial charge in [0.05, 0.1) is 32.2 Å². The lowest BCUT2D eigenvalue weighted by Crippen LogP contribution is -2.39. The number of benzene rings is 4. The molecule has 2 aromatic heterocycles. The summed E-state index contributed by atoms with van der Waals surface area (Å²) in [6.45, 7) is 2.81. The number of nitrogens with zero attached hydrogens (tertiary/aromatic N) is 6. The molecule has 3 amide bonds. The Hall–Kier alpha value is -7.62. The number of primary amides is 1. The number of methoxy groups -OCH3 is 2.